The van der Waals surface area contributed by atoms with E-state index in [0.717, 1.165) is 11.1 Å². The van der Waals surface area contributed by atoms with Crippen LogP contribution in [0.2, 0.25) is 0 Å². The monoisotopic (exact) mass is 499 g/mol. The molecular weight excluding hydrogens is 474 g/mol. The molecule has 3 aromatic carbocycles. The number of rotatable bonds is 8. The molecule has 10 heteroatoms. The summed E-state index contributed by atoms with van der Waals surface area (Å²) in [6.45, 7) is 0.420. The van der Waals surface area contributed by atoms with Gasteiger partial charge < -0.3 is 19.5 Å². The zero-order valence-electron chi connectivity index (χ0n) is 20.6. The van der Waals surface area contributed by atoms with Gasteiger partial charge in [-0.2, -0.15) is 10.1 Å². The number of carbonyl (C=O) groups is 1. The van der Waals surface area contributed by atoms with Crippen LogP contribution < -0.4 is 25.1 Å². The highest BCUT2D eigenvalue weighted by atomic mass is 16.5. The summed E-state index contributed by atoms with van der Waals surface area (Å²) in [6.07, 6.45) is 0.610. The van der Waals surface area contributed by atoms with Gasteiger partial charge in [0.2, 0.25) is 0 Å². The van der Waals surface area contributed by atoms with E-state index < -0.39 is 5.56 Å². The molecule has 0 radical (unpaired) electrons. The minimum Gasteiger partial charge on any atom is -0.497 e. The van der Waals surface area contributed by atoms with E-state index in [4.69, 9.17) is 14.2 Å². The van der Waals surface area contributed by atoms with Crippen LogP contribution in [0.3, 0.4) is 0 Å². The van der Waals surface area contributed by atoms with Gasteiger partial charge >= 0.3 is 0 Å². The van der Waals surface area contributed by atoms with E-state index in [9.17, 15) is 9.59 Å². The van der Waals surface area contributed by atoms with Gasteiger partial charge in [-0.1, -0.05) is 6.07 Å². The van der Waals surface area contributed by atoms with Crippen molar-refractivity contribution in [1.29, 1.82) is 0 Å². The Balaban J connectivity index is 1.40. The summed E-state index contributed by atoms with van der Waals surface area (Å²) in [6, 6.07) is 17.8. The number of ether oxygens (including phenoxy) is 3. The van der Waals surface area contributed by atoms with Crippen molar-refractivity contribution in [3.8, 4) is 28.5 Å². The van der Waals surface area contributed by atoms with Crippen LogP contribution in [0.5, 0.6) is 17.2 Å². The molecule has 37 heavy (non-hydrogen) atoms. The first kappa shape index (κ1) is 23.9. The van der Waals surface area contributed by atoms with Crippen molar-refractivity contribution in [1.82, 2.24) is 25.1 Å². The van der Waals surface area contributed by atoms with Gasteiger partial charge in [-0.05, 0) is 66.6 Å². The molecule has 2 aromatic heterocycles. The number of amides is 1. The summed E-state index contributed by atoms with van der Waals surface area (Å²) < 4.78 is 17.4. The highest BCUT2D eigenvalue weighted by Gasteiger charge is 2.16. The molecule has 0 unspecified atom stereocenters. The maximum Gasteiger partial charge on any atom is 0.281 e. The van der Waals surface area contributed by atoms with Crippen molar-refractivity contribution in [2.24, 2.45) is 0 Å². The Morgan fingerprint density at radius 3 is 2.46 bits per heavy atom. The fourth-order valence-corrected chi connectivity index (χ4v) is 4.17. The second-order valence-corrected chi connectivity index (χ2v) is 8.29. The summed E-state index contributed by atoms with van der Waals surface area (Å²) in [4.78, 5) is 29.9. The van der Waals surface area contributed by atoms with Gasteiger partial charge in [0.25, 0.3) is 11.5 Å². The van der Waals surface area contributed by atoms with Crippen LogP contribution in [0.15, 0.2) is 65.5 Å². The van der Waals surface area contributed by atoms with E-state index >= 15 is 0 Å². The number of methoxy groups -OCH3 is 3. The predicted octanol–water partition coefficient (Wildman–Crippen LogP) is 3.24. The summed E-state index contributed by atoms with van der Waals surface area (Å²) in [5.74, 6) is 1.74. The van der Waals surface area contributed by atoms with Gasteiger partial charge in [0, 0.05) is 17.7 Å². The molecule has 2 heterocycles. The maximum atomic E-state index is 12.9. The molecule has 5 rings (SSSR count). The van der Waals surface area contributed by atoms with E-state index in [0.29, 0.717) is 58.0 Å². The van der Waals surface area contributed by atoms with E-state index in [-0.39, 0.29) is 5.91 Å². The second kappa shape index (κ2) is 10.0. The molecule has 2 N–H and O–H groups in total. The molecule has 0 saturated carbocycles. The first-order chi connectivity index (χ1) is 18.0. The number of hydrogen-bond donors (Lipinski definition) is 2. The van der Waals surface area contributed by atoms with Gasteiger partial charge in [-0.25, -0.2) is 9.73 Å². The van der Waals surface area contributed by atoms with Gasteiger partial charge in [0.15, 0.2) is 17.1 Å². The Labute approximate surface area is 211 Å². The third kappa shape index (κ3) is 4.56. The van der Waals surface area contributed by atoms with E-state index in [1.165, 1.54) is 0 Å². The van der Waals surface area contributed by atoms with Gasteiger partial charge in [0.1, 0.15) is 11.4 Å². The molecule has 0 spiro atoms. The van der Waals surface area contributed by atoms with Crippen LogP contribution in [-0.4, -0.2) is 53.6 Å². The molecule has 0 aliphatic heterocycles. The normalized spacial score (nSPS) is 11.0. The largest absolute Gasteiger partial charge is 0.497 e. The van der Waals surface area contributed by atoms with E-state index in [2.05, 4.69) is 20.6 Å². The van der Waals surface area contributed by atoms with Crippen LogP contribution in [0, 0.1) is 0 Å². The molecule has 0 atom stereocenters. The molecule has 10 nitrogen and oxygen atoms in total. The first-order valence-corrected chi connectivity index (χ1v) is 11.6. The van der Waals surface area contributed by atoms with Crippen molar-refractivity contribution in [3.05, 3.63) is 82.1 Å². The van der Waals surface area contributed by atoms with Crippen molar-refractivity contribution in [3.63, 3.8) is 0 Å². The number of hydrogen-bond acceptors (Lipinski definition) is 7. The summed E-state index contributed by atoms with van der Waals surface area (Å²) in [7, 11) is 4.76. The number of aromatic amines is 1. The Bertz CT molecular complexity index is 1660. The quantitative estimate of drug-likeness (QED) is 0.336. The topological polar surface area (TPSA) is 120 Å². The van der Waals surface area contributed by atoms with Crippen LogP contribution >= 0.6 is 0 Å². The lowest BCUT2D eigenvalue weighted by Crippen LogP contribution is -2.26. The zero-order valence-corrected chi connectivity index (χ0v) is 20.6. The molecule has 188 valence electrons. The van der Waals surface area contributed by atoms with Crippen LogP contribution in [0.4, 0.5) is 0 Å². The standard InChI is InChI=1S/C27H25N5O5/c1-35-19-8-5-17(6-9-19)24-25-29-27(34)20-10-7-18(15-21(20)32(25)31-30-24)26(33)28-13-12-16-4-11-22(36-2)23(14-16)37-3/h4-11,14-15,31H,12-13H2,1-3H3,(H,28,33). The predicted molar refractivity (Wildman–Crippen MR) is 139 cm³/mol. The van der Waals surface area contributed by atoms with E-state index in [1.807, 2.05) is 42.5 Å². The van der Waals surface area contributed by atoms with Gasteiger partial charge in [-0.3, -0.25) is 9.59 Å². The molecule has 0 aliphatic rings. The minimum atomic E-state index is -0.397. The lowest BCUT2D eigenvalue weighted by Gasteiger charge is -2.10. The lowest BCUT2D eigenvalue weighted by molar-refractivity contribution is 0.0954. The highest BCUT2D eigenvalue weighted by molar-refractivity contribution is 5.98. The summed E-state index contributed by atoms with van der Waals surface area (Å²) in [5.41, 5.74) is 3.19. The number of nitrogens with zero attached hydrogens (tertiary/aromatic N) is 3. The smallest absolute Gasteiger partial charge is 0.281 e. The van der Waals surface area contributed by atoms with Crippen LogP contribution in [0.25, 0.3) is 27.8 Å². The Kier molecular flexibility index (Phi) is 6.46. The zero-order chi connectivity index (χ0) is 25.9. The third-order valence-electron chi connectivity index (χ3n) is 6.13. The molecule has 5 aromatic rings. The number of benzene rings is 3. The van der Waals surface area contributed by atoms with Gasteiger partial charge in [0.05, 0.1) is 32.2 Å². The fourth-order valence-electron chi connectivity index (χ4n) is 4.17. The Morgan fingerprint density at radius 1 is 0.946 bits per heavy atom. The fraction of sp³-hybridized carbons (Fsp3) is 0.185. The summed E-state index contributed by atoms with van der Waals surface area (Å²) in [5, 5.41) is 10.6. The Hall–Kier alpha value is -4.86. The van der Waals surface area contributed by atoms with Crippen molar-refractivity contribution >= 4 is 22.5 Å². The third-order valence-corrected chi connectivity index (χ3v) is 6.13. The van der Waals surface area contributed by atoms with Gasteiger partial charge in [-0.15, -0.1) is 0 Å². The molecule has 0 saturated heterocycles. The average Bonchev–Trinajstić information content (AvgIpc) is 3.36. The highest BCUT2D eigenvalue weighted by Crippen LogP contribution is 2.28. The first-order valence-electron chi connectivity index (χ1n) is 11.6. The number of carbonyl (C=O) groups excluding carboxylic acids is 1. The maximum absolute atomic E-state index is 12.9. The average molecular weight is 500 g/mol. The molecular formula is C27H25N5O5. The second-order valence-electron chi connectivity index (χ2n) is 8.29. The molecule has 0 fully saturated rings. The van der Waals surface area contributed by atoms with Crippen molar-refractivity contribution in [2.45, 2.75) is 6.42 Å². The lowest BCUT2D eigenvalue weighted by atomic mass is 10.1. The number of nitrogens with one attached hydrogen (secondary N) is 2. The number of H-pyrrole nitrogens is 1. The van der Waals surface area contributed by atoms with Crippen molar-refractivity contribution in [2.75, 3.05) is 27.9 Å². The molecule has 1 amide bonds. The SMILES string of the molecule is COc1ccc(-c2n[nH]n3c2nc(=O)c2ccc(C(=O)NCCc4ccc(OC)c(OC)c4)cc23)cc1. The van der Waals surface area contributed by atoms with Crippen LogP contribution in [0.1, 0.15) is 15.9 Å². The number of aromatic nitrogens is 4. The Morgan fingerprint density at radius 2 is 1.73 bits per heavy atom. The molecule has 0 aliphatic carbocycles. The number of fused-ring (bicyclic) bond motifs is 3. The molecule has 0 bridgehead atoms. The minimum absolute atomic E-state index is 0.254. The van der Waals surface area contributed by atoms with Crippen molar-refractivity contribution < 1.29 is 19.0 Å². The van der Waals surface area contributed by atoms with E-state index in [1.54, 1.807) is 44.0 Å². The van der Waals surface area contributed by atoms with Crippen LogP contribution in [-0.2, 0) is 6.42 Å². The summed E-state index contributed by atoms with van der Waals surface area (Å²) >= 11 is 0.